The lowest BCUT2D eigenvalue weighted by Crippen LogP contribution is -2.36. The highest BCUT2D eigenvalue weighted by Gasteiger charge is 2.23. The lowest BCUT2D eigenvalue weighted by molar-refractivity contribution is 0.106. The molecule has 0 aliphatic carbocycles. The third-order valence-electron chi connectivity index (χ3n) is 3.88. The Kier molecular flexibility index (Phi) is 4.91. The van der Waals surface area contributed by atoms with E-state index in [2.05, 4.69) is 11.8 Å². The Labute approximate surface area is 119 Å². The van der Waals surface area contributed by atoms with Crippen molar-refractivity contribution in [3.05, 3.63) is 33.8 Å². The van der Waals surface area contributed by atoms with Crippen molar-refractivity contribution in [3.8, 4) is 0 Å². The Hall–Kier alpha value is -0.280. The van der Waals surface area contributed by atoms with E-state index in [-0.39, 0.29) is 0 Å². The molecule has 18 heavy (non-hydrogen) atoms. The van der Waals surface area contributed by atoms with Crippen LogP contribution < -0.4 is 0 Å². The molecule has 100 valence electrons. The van der Waals surface area contributed by atoms with Crippen LogP contribution in [0.4, 0.5) is 0 Å². The van der Waals surface area contributed by atoms with Gasteiger partial charge in [0.15, 0.2) is 0 Å². The summed E-state index contributed by atoms with van der Waals surface area (Å²) in [5.41, 5.74) is 1.20. The Balaban J connectivity index is 2.03. The number of rotatable bonds is 3. The summed E-state index contributed by atoms with van der Waals surface area (Å²) in [4.78, 5) is 2.44. The zero-order valence-electron chi connectivity index (χ0n) is 10.6. The van der Waals surface area contributed by atoms with Gasteiger partial charge in [0, 0.05) is 12.6 Å². The van der Waals surface area contributed by atoms with Crippen LogP contribution in [0.3, 0.4) is 0 Å². The van der Waals surface area contributed by atoms with E-state index in [1.54, 1.807) is 0 Å². The van der Waals surface area contributed by atoms with Gasteiger partial charge < -0.3 is 5.11 Å². The Morgan fingerprint density at radius 3 is 2.50 bits per heavy atom. The molecule has 1 fully saturated rings. The van der Waals surface area contributed by atoms with E-state index in [4.69, 9.17) is 28.3 Å². The van der Waals surface area contributed by atoms with Crippen molar-refractivity contribution in [2.24, 2.45) is 5.92 Å². The summed E-state index contributed by atoms with van der Waals surface area (Å²) in [5.74, 6) is 0.474. The summed E-state index contributed by atoms with van der Waals surface area (Å²) >= 11 is 12.0. The largest absolute Gasteiger partial charge is 0.396 e. The van der Waals surface area contributed by atoms with Crippen molar-refractivity contribution < 1.29 is 5.11 Å². The predicted octanol–water partition coefficient (Wildman–Crippen LogP) is 3.76. The van der Waals surface area contributed by atoms with Gasteiger partial charge in [0.05, 0.1) is 10.0 Å². The first-order valence-corrected chi connectivity index (χ1v) is 7.17. The third kappa shape index (κ3) is 3.18. The highest BCUT2D eigenvalue weighted by Crippen LogP contribution is 2.30. The minimum absolute atomic E-state index is 0.314. The van der Waals surface area contributed by atoms with Crippen LogP contribution >= 0.6 is 23.2 Å². The van der Waals surface area contributed by atoms with Crippen molar-refractivity contribution in [1.29, 1.82) is 0 Å². The van der Waals surface area contributed by atoms with Crippen molar-refractivity contribution in [3.63, 3.8) is 0 Å². The van der Waals surface area contributed by atoms with Crippen LogP contribution in [0.5, 0.6) is 0 Å². The monoisotopic (exact) mass is 287 g/mol. The van der Waals surface area contributed by atoms with Crippen LogP contribution in [0.25, 0.3) is 0 Å². The van der Waals surface area contributed by atoms with Gasteiger partial charge in [0.2, 0.25) is 0 Å². The van der Waals surface area contributed by atoms with E-state index in [0.717, 1.165) is 25.9 Å². The van der Waals surface area contributed by atoms with Gasteiger partial charge in [-0.25, -0.2) is 0 Å². The number of hydrogen-bond donors (Lipinski definition) is 1. The Bertz CT molecular complexity index is 403. The predicted molar refractivity (Wildman–Crippen MR) is 76.3 cm³/mol. The molecule has 1 aromatic carbocycles. The van der Waals surface area contributed by atoms with E-state index in [1.165, 1.54) is 5.56 Å². The molecule has 1 unspecified atom stereocenters. The number of benzene rings is 1. The highest BCUT2D eigenvalue weighted by atomic mass is 35.5. The number of aliphatic hydroxyl groups excluding tert-OH is 1. The number of hydrogen-bond acceptors (Lipinski definition) is 2. The van der Waals surface area contributed by atoms with Crippen LogP contribution in [0.2, 0.25) is 10.0 Å². The fourth-order valence-electron chi connectivity index (χ4n) is 2.51. The molecule has 0 saturated carbocycles. The van der Waals surface area contributed by atoms with Crippen LogP contribution in [0.15, 0.2) is 18.2 Å². The fourth-order valence-corrected chi connectivity index (χ4v) is 2.81. The molecule has 0 spiro atoms. The molecule has 1 aromatic rings. The van der Waals surface area contributed by atoms with Crippen LogP contribution in [0.1, 0.15) is 31.4 Å². The second-order valence-electron chi connectivity index (χ2n) is 5.01. The molecule has 1 heterocycles. The second kappa shape index (κ2) is 6.25. The smallest absolute Gasteiger partial charge is 0.0595 e. The molecule has 0 bridgehead atoms. The van der Waals surface area contributed by atoms with Crippen molar-refractivity contribution in [2.75, 3.05) is 19.7 Å². The standard InChI is InChI=1S/C14H19Cl2NO/c1-10(12-2-3-13(15)14(16)8-12)17-6-4-11(9-18)5-7-17/h2-3,8,10-11,18H,4-7,9H2,1H3. The van der Waals surface area contributed by atoms with E-state index in [0.29, 0.717) is 28.6 Å². The van der Waals surface area contributed by atoms with E-state index in [1.807, 2.05) is 18.2 Å². The number of halogens is 2. The SMILES string of the molecule is CC(c1ccc(Cl)c(Cl)c1)N1CCC(CO)CC1. The summed E-state index contributed by atoms with van der Waals surface area (Å²) in [6.07, 6.45) is 2.14. The van der Waals surface area contributed by atoms with Crippen LogP contribution in [-0.4, -0.2) is 29.7 Å². The first-order chi connectivity index (χ1) is 8.61. The van der Waals surface area contributed by atoms with Crippen LogP contribution in [0, 0.1) is 5.92 Å². The number of aliphatic hydroxyl groups is 1. The zero-order valence-corrected chi connectivity index (χ0v) is 12.1. The molecule has 4 heteroatoms. The lowest BCUT2D eigenvalue weighted by Gasteiger charge is -2.35. The molecule has 0 aromatic heterocycles. The lowest BCUT2D eigenvalue weighted by atomic mass is 9.95. The minimum atomic E-state index is 0.314. The van der Waals surface area contributed by atoms with E-state index < -0.39 is 0 Å². The van der Waals surface area contributed by atoms with Gasteiger partial charge in [-0.2, -0.15) is 0 Å². The highest BCUT2D eigenvalue weighted by molar-refractivity contribution is 6.42. The summed E-state index contributed by atoms with van der Waals surface area (Å²) < 4.78 is 0. The summed E-state index contributed by atoms with van der Waals surface area (Å²) in [6.45, 7) is 4.58. The summed E-state index contributed by atoms with van der Waals surface area (Å²) in [6, 6.07) is 6.19. The molecule has 2 rings (SSSR count). The number of piperidine rings is 1. The molecule has 1 N–H and O–H groups in total. The maximum Gasteiger partial charge on any atom is 0.0595 e. The molecule has 1 aliphatic rings. The quantitative estimate of drug-likeness (QED) is 0.915. The van der Waals surface area contributed by atoms with E-state index in [9.17, 15) is 0 Å². The summed E-state index contributed by atoms with van der Waals surface area (Å²) in [5, 5.41) is 10.4. The topological polar surface area (TPSA) is 23.5 Å². The van der Waals surface area contributed by atoms with Crippen molar-refractivity contribution in [1.82, 2.24) is 4.90 Å². The molecule has 1 saturated heterocycles. The molecule has 1 aliphatic heterocycles. The first kappa shape index (κ1) is 14.1. The number of likely N-dealkylation sites (tertiary alicyclic amines) is 1. The fraction of sp³-hybridized carbons (Fsp3) is 0.571. The van der Waals surface area contributed by atoms with Gasteiger partial charge in [0.1, 0.15) is 0 Å². The molecule has 2 nitrogen and oxygen atoms in total. The average molecular weight is 288 g/mol. The van der Waals surface area contributed by atoms with Gasteiger partial charge in [0.25, 0.3) is 0 Å². The third-order valence-corrected chi connectivity index (χ3v) is 4.62. The van der Waals surface area contributed by atoms with Gasteiger partial charge in [-0.05, 0) is 56.5 Å². The Morgan fingerprint density at radius 2 is 1.94 bits per heavy atom. The summed E-state index contributed by atoms with van der Waals surface area (Å²) in [7, 11) is 0. The average Bonchev–Trinajstić information content (AvgIpc) is 2.41. The molecular formula is C14H19Cl2NO. The Morgan fingerprint density at radius 1 is 1.28 bits per heavy atom. The molecule has 1 atom stereocenters. The van der Waals surface area contributed by atoms with Crippen molar-refractivity contribution >= 4 is 23.2 Å². The molecular weight excluding hydrogens is 269 g/mol. The second-order valence-corrected chi connectivity index (χ2v) is 5.83. The molecule has 0 radical (unpaired) electrons. The minimum Gasteiger partial charge on any atom is -0.396 e. The van der Waals surface area contributed by atoms with Gasteiger partial charge in [-0.3, -0.25) is 4.90 Å². The maximum atomic E-state index is 9.15. The van der Waals surface area contributed by atoms with Crippen LogP contribution in [-0.2, 0) is 0 Å². The molecule has 0 amide bonds. The van der Waals surface area contributed by atoms with E-state index >= 15 is 0 Å². The van der Waals surface area contributed by atoms with Crippen molar-refractivity contribution in [2.45, 2.75) is 25.8 Å². The zero-order chi connectivity index (χ0) is 13.1. The normalized spacial score (nSPS) is 20.0. The maximum absolute atomic E-state index is 9.15. The van der Waals surface area contributed by atoms with Gasteiger partial charge in [-0.15, -0.1) is 0 Å². The first-order valence-electron chi connectivity index (χ1n) is 6.41. The van der Waals surface area contributed by atoms with Gasteiger partial charge in [-0.1, -0.05) is 29.3 Å². The number of nitrogens with zero attached hydrogens (tertiary/aromatic N) is 1. The van der Waals surface area contributed by atoms with Gasteiger partial charge >= 0.3 is 0 Å².